The van der Waals surface area contributed by atoms with E-state index in [1.165, 1.54) is 11.8 Å². The number of aliphatic hydroxyl groups is 3. The first-order valence-electron chi connectivity index (χ1n) is 12.8. The molecule has 2 fully saturated rings. The molecular formula is C28H38N2O6S. The number of thioether (sulfide) groups is 1. The standard InChI is InChI=1S/C28H38N2O6S/c1-17-5-8-19(25-23(32)22(31)24(33)26(36-25)37-2)16-20(17)15-18-6-9-21(10-7-18)35-14-13-30-28(27(29)34)11-3-4-12-28/h5-10,16,22-26,30-33H,3-4,11-15H2,1-2H3,(H2,29,34)/t22-,23-,24+,25+,26-/m1/s1. The molecule has 202 valence electrons. The Morgan fingerprint density at radius 3 is 2.46 bits per heavy atom. The third kappa shape index (κ3) is 6.30. The van der Waals surface area contributed by atoms with Crippen LogP contribution in [0.5, 0.6) is 5.75 Å². The van der Waals surface area contributed by atoms with Crippen molar-refractivity contribution in [2.45, 2.75) is 74.4 Å². The van der Waals surface area contributed by atoms with Crippen molar-refractivity contribution < 1.29 is 29.6 Å². The van der Waals surface area contributed by atoms with Crippen LogP contribution in [0, 0.1) is 6.92 Å². The quantitative estimate of drug-likeness (QED) is 0.295. The summed E-state index contributed by atoms with van der Waals surface area (Å²) in [6, 6.07) is 13.8. The van der Waals surface area contributed by atoms with Crippen molar-refractivity contribution in [1.82, 2.24) is 5.32 Å². The number of rotatable bonds is 10. The molecule has 0 aromatic heterocycles. The lowest BCUT2D eigenvalue weighted by Crippen LogP contribution is -2.54. The van der Waals surface area contributed by atoms with Gasteiger partial charge in [0.05, 0.1) is 5.54 Å². The largest absolute Gasteiger partial charge is 0.492 e. The number of carbonyl (C=O) groups is 1. The van der Waals surface area contributed by atoms with Crippen LogP contribution in [-0.4, -0.2) is 69.9 Å². The fourth-order valence-electron chi connectivity index (χ4n) is 5.25. The summed E-state index contributed by atoms with van der Waals surface area (Å²) in [5.41, 5.74) is 8.47. The summed E-state index contributed by atoms with van der Waals surface area (Å²) >= 11 is 1.30. The zero-order chi connectivity index (χ0) is 26.6. The lowest BCUT2D eigenvalue weighted by atomic mass is 9.91. The van der Waals surface area contributed by atoms with Crippen molar-refractivity contribution in [3.05, 3.63) is 64.7 Å². The maximum absolute atomic E-state index is 11.9. The van der Waals surface area contributed by atoms with Crippen LogP contribution in [0.3, 0.4) is 0 Å². The van der Waals surface area contributed by atoms with E-state index in [2.05, 4.69) is 5.32 Å². The summed E-state index contributed by atoms with van der Waals surface area (Å²) in [5, 5.41) is 34.3. The minimum Gasteiger partial charge on any atom is -0.492 e. The summed E-state index contributed by atoms with van der Waals surface area (Å²) in [6.45, 7) is 3.03. The number of aliphatic hydroxyl groups excluding tert-OH is 3. The van der Waals surface area contributed by atoms with Gasteiger partial charge in [0.1, 0.15) is 42.2 Å². The van der Waals surface area contributed by atoms with Gasteiger partial charge >= 0.3 is 0 Å². The maximum Gasteiger partial charge on any atom is 0.237 e. The van der Waals surface area contributed by atoms with Gasteiger partial charge in [0.2, 0.25) is 5.91 Å². The highest BCUT2D eigenvalue weighted by Gasteiger charge is 2.44. The molecular weight excluding hydrogens is 492 g/mol. The van der Waals surface area contributed by atoms with E-state index in [0.717, 1.165) is 53.7 Å². The van der Waals surface area contributed by atoms with Gasteiger partial charge < -0.3 is 30.5 Å². The summed E-state index contributed by atoms with van der Waals surface area (Å²) in [5.74, 6) is 0.473. The molecule has 0 bridgehead atoms. The fourth-order valence-corrected chi connectivity index (χ4v) is 5.92. The Morgan fingerprint density at radius 2 is 1.81 bits per heavy atom. The molecule has 0 unspecified atom stereocenters. The van der Waals surface area contributed by atoms with E-state index in [4.69, 9.17) is 15.2 Å². The van der Waals surface area contributed by atoms with E-state index in [1.807, 2.05) is 49.4 Å². The monoisotopic (exact) mass is 530 g/mol. The van der Waals surface area contributed by atoms with Crippen LogP contribution in [0.2, 0.25) is 0 Å². The minimum absolute atomic E-state index is 0.281. The molecule has 1 heterocycles. The zero-order valence-electron chi connectivity index (χ0n) is 21.4. The molecule has 9 heteroatoms. The average molecular weight is 531 g/mol. The van der Waals surface area contributed by atoms with Crippen LogP contribution in [0.25, 0.3) is 0 Å². The zero-order valence-corrected chi connectivity index (χ0v) is 22.2. The highest BCUT2D eigenvalue weighted by molar-refractivity contribution is 7.99. The Bertz CT molecular complexity index is 1060. The highest BCUT2D eigenvalue weighted by atomic mass is 32.2. The van der Waals surface area contributed by atoms with Crippen LogP contribution in [-0.2, 0) is 16.0 Å². The van der Waals surface area contributed by atoms with Gasteiger partial charge in [0.15, 0.2) is 0 Å². The number of hydrogen-bond donors (Lipinski definition) is 5. The van der Waals surface area contributed by atoms with Gasteiger partial charge in [0, 0.05) is 6.54 Å². The van der Waals surface area contributed by atoms with Gasteiger partial charge in [-0.05, 0) is 66.8 Å². The van der Waals surface area contributed by atoms with Gasteiger partial charge in [-0.15, -0.1) is 11.8 Å². The first kappa shape index (κ1) is 27.9. The molecule has 4 rings (SSSR count). The van der Waals surface area contributed by atoms with Crippen LogP contribution >= 0.6 is 11.8 Å². The third-order valence-corrected chi connectivity index (χ3v) is 8.44. The van der Waals surface area contributed by atoms with E-state index in [1.54, 1.807) is 6.26 Å². The number of ether oxygens (including phenoxy) is 2. The number of nitrogens with one attached hydrogen (secondary N) is 1. The molecule has 1 amide bonds. The molecule has 37 heavy (non-hydrogen) atoms. The van der Waals surface area contributed by atoms with Crippen molar-refractivity contribution in [3.63, 3.8) is 0 Å². The molecule has 0 spiro atoms. The molecule has 5 atom stereocenters. The van der Waals surface area contributed by atoms with Crippen molar-refractivity contribution in [3.8, 4) is 5.75 Å². The van der Waals surface area contributed by atoms with Crippen molar-refractivity contribution >= 4 is 17.7 Å². The Hall–Kier alpha value is -2.14. The smallest absolute Gasteiger partial charge is 0.237 e. The van der Waals surface area contributed by atoms with Gasteiger partial charge in [0.25, 0.3) is 0 Å². The fraction of sp³-hybridized carbons (Fsp3) is 0.536. The predicted octanol–water partition coefficient (Wildman–Crippen LogP) is 2.20. The predicted molar refractivity (Wildman–Crippen MR) is 143 cm³/mol. The molecule has 2 aliphatic rings. The first-order valence-corrected chi connectivity index (χ1v) is 14.1. The summed E-state index contributed by atoms with van der Waals surface area (Å²) in [7, 11) is 0. The second-order valence-corrected chi connectivity index (χ2v) is 11.0. The van der Waals surface area contributed by atoms with Crippen molar-refractivity contribution in [2.75, 3.05) is 19.4 Å². The Labute approximate surface area is 222 Å². The number of carbonyl (C=O) groups excluding carboxylic acids is 1. The average Bonchev–Trinajstić information content (AvgIpc) is 3.38. The Kier molecular flexibility index (Phi) is 9.15. The topological polar surface area (TPSA) is 134 Å². The van der Waals surface area contributed by atoms with Crippen molar-refractivity contribution in [1.29, 1.82) is 0 Å². The third-order valence-electron chi connectivity index (χ3n) is 7.58. The van der Waals surface area contributed by atoms with Crippen LogP contribution in [0.15, 0.2) is 42.5 Å². The molecule has 1 saturated carbocycles. The van der Waals surface area contributed by atoms with E-state index >= 15 is 0 Å². The molecule has 1 aliphatic carbocycles. The van der Waals surface area contributed by atoms with E-state index in [-0.39, 0.29) is 5.91 Å². The lowest BCUT2D eigenvalue weighted by molar-refractivity contribution is -0.200. The molecule has 0 radical (unpaired) electrons. The van der Waals surface area contributed by atoms with Crippen molar-refractivity contribution in [2.24, 2.45) is 5.73 Å². The van der Waals surface area contributed by atoms with E-state index in [9.17, 15) is 20.1 Å². The van der Waals surface area contributed by atoms with Gasteiger partial charge in [-0.2, -0.15) is 0 Å². The second-order valence-electron chi connectivity index (χ2n) is 10.1. The van der Waals surface area contributed by atoms with Crippen LogP contribution in [0.1, 0.15) is 54.0 Å². The summed E-state index contributed by atoms with van der Waals surface area (Å²) in [4.78, 5) is 11.9. The first-order chi connectivity index (χ1) is 17.7. The Balaban J connectivity index is 1.35. The molecule has 1 saturated heterocycles. The number of hydrogen-bond acceptors (Lipinski definition) is 8. The van der Waals surface area contributed by atoms with E-state index in [0.29, 0.717) is 19.6 Å². The molecule has 2 aromatic rings. The summed E-state index contributed by atoms with van der Waals surface area (Å²) < 4.78 is 11.8. The number of aryl methyl sites for hydroxylation is 1. The SMILES string of the molecule is CS[C@H]1O[C@@H](c2ccc(C)c(Cc3ccc(OCCNC4(C(N)=O)CCCC4)cc3)c2)[C@H](O)[C@@H](O)[C@@H]1O. The molecule has 2 aromatic carbocycles. The van der Waals surface area contributed by atoms with E-state index < -0.39 is 35.4 Å². The number of amides is 1. The second kappa shape index (κ2) is 12.1. The number of primary amides is 1. The van der Waals surface area contributed by atoms with Crippen LogP contribution < -0.4 is 15.8 Å². The normalized spacial score (nSPS) is 27.2. The van der Waals surface area contributed by atoms with Crippen LogP contribution in [0.4, 0.5) is 0 Å². The molecule has 8 nitrogen and oxygen atoms in total. The van der Waals surface area contributed by atoms with Gasteiger partial charge in [-0.3, -0.25) is 10.1 Å². The number of nitrogens with two attached hydrogens (primary N) is 1. The molecule has 1 aliphatic heterocycles. The Morgan fingerprint density at radius 1 is 1.11 bits per heavy atom. The van der Waals surface area contributed by atoms with Gasteiger partial charge in [-0.25, -0.2) is 0 Å². The maximum atomic E-state index is 11.9. The highest BCUT2D eigenvalue weighted by Crippen LogP contribution is 2.36. The molecule has 6 N–H and O–H groups in total. The summed E-state index contributed by atoms with van der Waals surface area (Å²) in [6.07, 6.45) is 1.71. The van der Waals surface area contributed by atoms with Gasteiger partial charge in [-0.1, -0.05) is 43.2 Å². The lowest BCUT2D eigenvalue weighted by Gasteiger charge is -2.40. The minimum atomic E-state index is -1.27. The number of benzene rings is 2.